The average molecular weight is 329 g/mol. The number of nitrogens with zero attached hydrogens (tertiary/aromatic N) is 3. The molecule has 1 aliphatic heterocycles. The van der Waals surface area contributed by atoms with Crippen LogP contribution in [0, 0.1) is 0 Å². The van der Waals surface area contributed by atoms with Gasteiger partial charge in [0.1, 0.15) is 0 Å². The van der Waals surface area contributed by atoms with Crippen molar-refractivity contribution in [3.63, 3.8) is 0 Å². The summed E-state index contributed by atoms with van der Waals surface area (Å²) < 4.78 is 26.9. The molecule has 8 nitrogen and oxygen atoms in total. The van der Waals surface area contributed by atoms with Crippen molar-refractivity contribution in [2.45, 2.75) is 38.4 Å². The van der Waals surface area contributed by atoms with Gasteiger partial charge in [-0.1, -0.05) is 0 Å². The summed E-state index contributed by atoms with van der Waals surface area (Å²) in [6.45, 7) is 3.54. The van der Waals surface area contributed by atoms with Gasteiger partial charge in [0, 0.05) is 37.6 Å². The van der Waals surface area contributed by atoms with Crippen LogP contribution >= 0.6 is 0 Å². The number of nitrogens with one attached hydrogen (secondary N) is 2. The zero-order chi connectivity index (χ0) is 16.2. The third-order valence-corrected chi connectivity index (χ3v) is 4.24. The molecule has 0 saturated carbocycles. The minimum absolute atomic E-state index is 0.0596. The number of hydrogen-bond acceptors (Lipinski definition) is 4. The summed E-state index contributed by atoms with van der Waals surface area (Å²) in [4.78, 5) is 13.9. The molecule has 0 aromatic carbocycles. The van der Waals surface area contributed by atoms with Crippen LogP contribution in [0.25, 0.3) is 0 Å². The number of amides is 2. The van der Waals surface area contributed by atoms with Gasteiger partial charge in [-0.15, -0.1) is 0 Å². The van der Waals surface area contributed by atoms with E-state index in [0.717, 1.165) is 19.1 Å². The van der Waals surface area contributed by atoms with Crippen molar-refractivity contribution in [3.05, 3.63) is 18.5 Å². The number of carbonyl (C=O) groups is 1. The predicted molar refractivity (Wildman–Crippen MR) is 82.8 cm³/mol. The van der Waals surface area contributed by atoms with Crippen LogP contribution in [0.5, 0.6) is 0 Å². The number of aromatic nitrogens is 2. The van der Waals surface area contributed by atoms with Crippen molar-refractivity contribution in [2.24, 2.45) is 0 Å². The fourth-order valence-corrected chi connectivity index (χ4v) is 3.40. The topological polar surface area (TPSA) is 96.3 Å². The van der Waals surface area contributed by atoms with Crippen LogP contribution in [0.2, 0.25) is 0 Å². The maximum Gasteiger partial charge on any atom is 0.317 e. The van der Waals surface area contributed by atoms with Gasteiger partial charge in [-0.05, 0) is 25.8 Å². The van der Waals surface area contributed by atoms with Crippen LogP contribution in [-0.2, 0) is 16.6 Å². The van der Waals surface area contributed by atoms with Crippen molar-refractivity contribution in [1.29, 1.82) is 0 Å². The second-order valence-electron chi connectivity index (χ2n) is 5.75. The molecule has 1 fully saturated rings. The molecule has 0 unspecified atom stereocenters. The SMILES string of the molecule is C[C@@H](Cn1cccn1)NC(=O)N1CCC[C@@H](NS(C)(=O)=O)C1. The molecule has 2 rings (SSSR count). The Kier molecular flexibility index (Phi) is 5.41. The summed E-state index contributed by atoms with van der Waals surface area (Å²) in [7, 11) is -3.25. The van der Waals surface area contributed by atoms with Gasteiger partial charge in [0.2, 0.25) is 10.0 Å². The molecule has 1 saturated heterocycles. The van der Waals surface area contributed by atoms with Crippen LogP contribution in [0.4, 0.5) is 4.79 Å². The van der Waals surface area contributed by atoms with Crippen LogP contribution in [-0.4, -0.2) is 60.6 Å². The molecule has 1 aliphatic rings. The Balaban J connectivity index is 1.83. The fourth-order valence-electron chi connectivity index (χ4n) is 2.60. The van der Waals surface area contributed by atoms with Crippen molar-refractivity contribution < 1.29 is 13.2 Å². The van der Waals surface area contributed by atoms with Gasteiger partial charge < -0.3 is 10.2 Å². The van der Waals surface area contributed by atoms with Gasteiger partial charge in [0.15, 0.2) is 0 Å². The van der Waals surface area contributed by atoms with Gasteiger partial charge in [-0.25, -0.2) is 17.9 Å². The van der Waals surface area contributed by atoms with Gasteiger partial charge in [0.25, 0.3) is 0 Å². The highest BCUT2D eigenvalue weighted by atomic mass is 32.2. The molecule has 1 aromatic heterocycles. The molecule has 0 aliphatic carbocycles. The molecular weight excluding hydrogens is 306 g/mol. The lowest BCUT2D eigenvalue weighted by atomic mass is 10.1. The number of likely N-dealkylation sites (tertiary alicyclic amines) is 1. The minimum Gasteiger partial charge on any atom is -0.334 e. The minimum atomic E-state index is -3.25. The summed E-state index contributed by atoms with van der Waals surface area (Å²) in [6, 6.07) is 1.40. The summed E-state index contributed by atoms with van der Waals surface area (Å²) in [6.07, 6.45) is 6.21. The van der Waals surface area contributed by atoms with E-state index in [1.807, 2.05) is 19.2 Å². The Bertz CT molecular complexity index is 587. The zero-order valence-electron chi connectivity index (χ0n) is 12.9. The molecule has 2 heterocycles. The standard InChI is InChI=1S/C13H23N5O3S/c1-11(9-18-8-4-6-14-18)15-13(19)17-7-3-5-12(10-17)16-22(2,20)21/h4,6,8,11-12,16H,3,5,7,9-10H2,1-2H3,(H,15,19)/t11-,12+/m0/s1. The molecule has 1 aromatic rings. The van der Waals surface area contributed by atoms with Gasteiger partial charge in [0.05, 0.1) is 12.8 Å². The Labute approximate surface area is 130 Å². The maximum atomic E-state index is 12.3. The van der Waals surface area contributed by atoms with Crippen LogP contribution in [0.1, 0.15) is 19.8 Å². The normalized spacial score (nSPS) is 20.6. The summed E-state index contributed by atoms with van der Waals surface area (Å²) in [5.41, 5.74) is 0. The highest BCUT2D eigenvalue weighted by molar-refractivity contribution is 7.88. The number of rotatable bonds is 5. The molecule has 0 bridgehead atoms. The highest BCUT2D eigenvalue weighted by Gasteiger charge is 2.26. The predicted octanol–water partition coefficient (Wildman–Crippen LogP) is -0.00520. The van der Waals surface area contributed by atoms with E-state index in [1.165, 1.54) is 0 Å². The largest absolute Gasteiger partial charge is 0.334 e. The van der Waals surface area contributed by atoms with Crippen LogP contribution < -0.4 is 10.0 Å². The quantitative estimate of drug-likeness (QED) is 0.794. The number of urea groups is 1. The van der Waals surface area contributed by atoms with Gasteiger partial charge in [-0.3, -0.25) is 4.68 Å². The first-order chi connectivity index (χ1) is 10.3. The first-order valence-electron chi connectivity index (χ1n) is 7.33. The molecule has 2 atom stereocenters. The lowest BCUT2D eigenvalue weighted by molar-refractivity contribution is 0.173. The Morgan fingerprint density at radius 2 is 2.27 bits per heavy atom. The summed E-state index contributed by atoms with van der Waals surface area (Å²) in [5, 5.41) is 7.02. The summed E-state index contributed by atoms with van der Waals surface area (Å²) >= 11 is 0. The molecule has 9 heteroatoms. The Hall–Kier alpha value is -1.61. The van der Waals surface area contributed by atoms with Gasteiger partial charge >= 0.3 is 6.03 Å². The maximum absolute atomic E-state index is 12.3. The Morgan fingerprint density at radius 3 is 2.91 bits per heavy atom. The lowest BCUT2D eigenvalue weighted by Crippen LogP contribution is -2.53. The molecular formula is C13H23N5O3S. The third kappa shape index (κ3) is 5.30. The number of piperidine rings is 1. The van der Waals surface area contributed by atoms with E-state index >= 15 is 0 Å². The van der Waals surface area contributed by atoms with Crippen LogP contribution in [0.15, 0.2) is 18.5 Å². The van der Waals surface area contributed by atoms with Gasteiger partial charge in [-0.2, -0.15) is 5.10 Å². The van der Waals surface area contributed by atoms with E-state index in [-0.39, 0.29) is 18.1 Å². The van der Waals surface area contributed by atoms with E-state index in [9.17, 15) is 13.2 Å². The van der Waals surface area contributed by atoms with Crippen molar-refractivity contribution in [1.82, 2.24) is 24.7 Å². The third-order valence-electron chi connectivity index (χ3n) is 3.48. The monoisotopic (exact) mass is 329 g/mol. The zero-order valence-corrected chi connectivity index (χ0v) is 13.7. The average Bonchev–Trinajstić information content (AvgIpc) is 2.89. The number of sulfonamides is 1. The Morgan fingerprint density at radius 1 is 1.50 bits per heavy atom. The van der Waals surface area contributed by atoms with Crippen molar-refractivity contribution in [3.8, 4) is 0 Å². The lowest BCUT2D eigenvalue weighted by Gasteiger charge is -2.33. The van der Waals surface area contributed by atoms with E-state index in [0.29, 0.717) is 19.6 Å². The van der Waals surface area contributed by atoms with Crippen LogP contribution in [0.3, 0.4) is 0 Å². The highest BCUT2D eigenvalue weighted by Crippen LogP contribution is 2.11. The van der Waals surface area contributed by atoms with E-state index in [4.69, 9.17) is 0 Å². The van der Waals surface area contributed by atoms with Crippen molar-refractivity contribution >= 4 is 16.1 Å². The first-order valence-corrected chi connectivity index (χ1v) is 9.23. The van der Waals surface area contributed by atoms with E-state index in [2.05, 4.69) is 15.1 Å². The second-order valence-corrected chi connectivity index (χ2v) is 7.53. The molecule has 2 amide bonds. The molecule has 2 N–H and O–H groups in total. The smallest absolute Gasteiger partial charge is 0.317 e. The fraction of sp³-hybridized carbons (Fsp3) is 0.692. The van der Waals surface area contributed by atoms with E-state index < -0.39 is 10.0 Å². The van der Waals surface area contributed by atoms with E-state index in [1.54, 1.807) is 15.8 Å². The van der Waals surface area contributed by atoms with Crippen molar-refractivity contribution in [2.75, 3.05) is 19.3 Å². The molecule has 124 valence electrons. The number of hydrogen-bond donors (Lipinski definition) is 2. The first kappa shape index (κ1) is 16.8. The number of carbonyl (C=O) groups excluding carboxylic acids is 1. The molecule has 22 heavy (non-hydrogen) atoms. The molecule has 0 radical (unpaired) electrons. The summed E-state index contributed by atoms with van der Waals surface area (Å²) in [5.74, 6) is 0. The molecule has 0 spiro atoms. The second kappa shape index (κ2) is 7.10.